The van der Waals surface area contributed by atoms with Crippen LogP contribution in [0.4, 0.5) is 18.9 Å². The molecule has 2 heterocycles. The Bertz CT molecular complexity index is 1450. The van der Waals surface area contributed by atoms with Crippen LogP contribution < -0.4 is 15.7 Å². The second kappa shape index (κ2) is 8.80. The molecule has 0 aliphatic carbocycles. The number of thiazole rings is 1. The van der Waals surface area contributed by atoms with Crippen molar-refractivity contribution in [3.8, 4) is 23.1 Å². The summed E-state index contributed by atoms with van der Waals surface area (Å²) in [5.74, 6) is 0.713. The molecule has 166 valence electrons. The smallest absolute Gasteiger partial charge is 0.417 e. The maximum Gasteiger partial charge on any atom is 0.417 e. The summed E-state index contributed by atoms with van der Waals surface area (Å²) in [7, 11) is 1.57. The Hall–Kier alpha value is -4.10. The Kier molecular flexibility index (Phi) is 5.89. The van der Waals surface area contributed by atoms with Gasteiger partial charge in [-0.25, -0.2) is 9.78 Å². The predicted octanol–water partition coefficient (Wildman–Crippen LogP) is 5.92. The van der Waals surface area contributed by atoms with Crippen LogP contribution in [-0.4, -0.2) is 12.1 Å². The minimum Gasteiger partial charge on any atom is -0.497 e. The van der Waals surface area contributed by atoms with E-state index < -0.39 is 17.4 Å². The molecule has 0 unspecified atom stereocenters. The van der Waals surface area contributed by atoms with Gasteiger partial charge in [0.1, 0.15) is 28.0 Å². The average Bonchev–Trinajstić information content (AvgIpc) is 3.28. The minimum absolute atomic E-state index is 0.220. The van der Waals surface area contributed by atoms with Gasteiger partial charge in [-0.1, -0.05) is 0 Å². The predicted molar refractivity (Wildman–Crippen MR) is 119 cm³/mol. The molecule has 0 saturated carbocycles. The third-order valence-corrected chi connectivity index (χ3v) is 5.55. The van der Waals surface area contributed by atoms with Crippen LogP contribution in [0.25, 0.3) is 27.8 Å². The van der Waals surface area contributed by atoms with E-state index in [-0.39, 0.29) is 16.5 Å². The number of rotatable bonds is 5. The van der Waals surface area contributed by atoms with E-state index in [0.717, 1.165) is 5.56 Å². The lowest BCUT2D eigenvalue weighted by Gasteiger charge is -2.10. The molecule has 0 spiro atoms. The van der Waals surface area contributed by atoms with Gasteiger partial charge in [-0.3, -0.25) is 0 Å². The lowest BCUT2D eigenvalue weighted by molar-refractivity contribution is -0.136. The molecular weight excluding hydrogens is 455 g/mol. The highest BCUT2D eigenvalue weighted by molar-refractivity contribution is 7.11. The van der Waals surface area contributed by atoms with Crippen LogP contribution in [0.2, 0.25) is 0 Å². The summed E-state index contributed by atoms with van der Waals surface area (Å²) in [6, 6.07) is 13.7. The topological polar surface area (TPSA) is 88.1 Å². The molecule has 0 bridgehead atoms. The van der Waals surface area contributed by atoms with Gasteiger partial charge in [-0.15, -0.1) is 11.3 Å². The quantitative estimate of drug-likeness (QED) is 0.288. The number of nitriles is 1. The lowest BCUT2D eigenvalue weighted by atomic mass is 10.1. The van der Waals surface area contributed by atoms with Gasteiger partial charge < -0.3 is 14.5 Å². The van der Waals surface area contributed by atoms with Crippen LogP contribution in [0.5, 0.6) is 5.75 Å². The van der Waals surface area contributed by atoms with E-state index in [1.165, 1.54) is 35.7 Å². The molecule has 4 rings (SSSR count). The van der Waals surface area contributed by atoms with Crippen LogP contribution in [0.1, 0.15) is 10.6 Å². The zero-order valence-corrected chi connectivity index (χ0v) is 17.8. The number of halogens is 3. The highest BCUT2D eigenvalue weighted by Gasteiger charge is 2.33. The van der Waals surface area contributed by atoms with Gasteiger partial charge in [-0.2, -0.15) is 18.4 Å². The molecule has 0 amide bonds. The third-order valence-electron chi connectivity index (χ3n) is 4.67. The normalized spacial score (nSPS) is 11.9. The second-order valence-electron chi connectivity index (χ2n) is 6.77. The molecule has 0 aliphatic rings. The molecule has 1 N–H and O–H groups in total. The maximum atomic E-state index is 13.2. The van der Waals surface area contributed by atoms with Crippen LogP contribution >= 0.6 is 11.3 Å². The summed E-state index contributed by atoms with van der Waals surface area (Å²) in [5, 5.41) is 14.4. The van der Waals surface area contributed by atoms with Gasteiger partial charge in [0.15, 0.2) is 0 Å². The van der Waals surface area contributed by atoms with Gasteiger partial charge in [-0.05, 0) is 36.4 Å². The first kappa shape index (κ1) is 22.1. The summed E-state index contributed by atoms with van der Waals surface area (Å²) < 4.78 is 49.6. The van der Waals surface area contributed by atoms with Crippen molar-refractivity contribution in [1.82, 2.24) is 4.98 Å². The van der Waals surface area contributed by atoms with Crippen molar-refractivity contribution in [3.63, 3.8) is 0 Å². The first-order valence-corrected chi connectivity index (χ1v) is 10.3. The van der Waals surface area contributed by atoms with Crippen molar-refractivity contribution in [3.05, 3.63) is 81.1 Å². The fourth-order valence-electron chi connectivity index (χ4n) is 3.08. The average molecular weight is 469 g/mol. The molecule has 6 nitrogen and oxygen atoms in total. The molecule has 0 fully saturated rings. The van der Waals surface area contributed by atoms with Gasteiger partial charge in [0.2, 0.25) is 0 Å². The Morgan fingerprint density at radius 3 is 2.64 bits per heavy atom. The molecule has 0 aliphatic heterocycles. The number of nitrogens with one attached hydrogen (secondary N) is 1. The Morgan fingerprint density at radius 1 is 1.21 bits per heavy atom. The molecule has 0 saturated heterocycles. The van der Waals surface area contributed by atoms with Crippen molar-refractivity contribution >= 4 is 33.6 Å². The summed E-state index contributed by atoms with van der Waals surface area (Å²) in [6.07, 6.45) is -3.30. The second-order valence-corrected chi connectivity index (χ2v) is 7.63. The first-order valence-electron chi connectivity index (χ1n) is 9.41. The number of methoxy groups -OCH3 is 1. The number of fused-ring (bicyclic) bond motifs is 1. The standard InChI is InChI=1S/C23H14F3N3O3S/c1-31-16-5-2-13(3-6-16)19-12-33-22(29-19)14(10-27)11-28-15-4-7-17-18(23(24,25)26)9-21(30)32-20(17)8-15/h2-9,11-12,28H,1H3/b14-11+. The van der Waals surface area contributed by atoms with E-state index in [4.69, 9.17) is 9.15 Å². The number of anilines is 1. The van der Waals surface area contributed by atoms with Crippen molar-refractivity contribution in [2.45, 2.75) is 6.18 Å². The van der Waals surface area contributed by atoms with Gasteiger partial charge in [0.25, 0.3) is 0 Å². The highest BCUT2D eigenvalue weighted by atomic mass is 32.1. The number of ether oxygens (including phenoxy) is 1. The maximum absolute atomic E-state index is 13.2. The first-order chi connectivity index (χ1) is 15.8. The monoisotopic (exact) mass is 469 g/mol. The van der Waals surface area contributed by atoms with E-state index in [1.54, 1.807) is 19.2 Å². The molecule has 33 heavy (non-hydrogen) atoms. The minimum atomic E-state index is -4.69. The summed E-state index contributed by atoms with van der Waals surface area (Å²) >= 11 is 1.27. The van der Waals surface area contributed by atoms with E-state index in [2.05, 4.69) is 16.4 Å². The lowest BCUT2D eigenvalue weighted by Crippen LogP contribution is -2.11. The fraction of sp³-hybridized carbons (Fsp3) is 0.0870. The van der Waals surface area contributed by atoms with E-state index in [9.17, 15) is 23.2 Å². The van der Waals surface area contributed by atoms with Gasteiger partial charge in [0, 0.05) is 40.3 Å². The van der Waals surface area contributed by atoms with Crippen LogP contribution in [-0.2, 0) is 6.18 Å². The van der Waals surface area contributed by atoms with Crippen LogP contribution in [0.3, 0.4) is 0 Å². The Balaban J connectivity index is 1.60. The fourth-order valence-corrected chi connectivity index (χ4v) is 3.87. The Labute approximate surface area is 189 Å². The number of hydrogen-bond acceptors (Lipinski definition) is 7. The summed E-state index contributed by atoms with van der Waals surface area (Å²) in [5.41, 5.74) is -0.284. The molecule has 10 heteroatoms. The molecule has 2 aromatic heterocycles. The zero-order valence-electron chi connectivity index (χ0n) is 16.9. The van der Waals surface area contributed by atoms with E-state index in [1.807, 2.05) is 17.5 Å². The molecule has 0 atom stereocenters. The third kappa shape index (κ3) is 4.73. The van der Waals surface area contributed by atoms with Crippen molar-refractivity contribution in [2.24, 2.45) is 0 Å². The summed E-state index contributed by atoms with van der Waals surface area (Å²) in [4.78, 5) is 16.0. The molecule has 2 aromatic carbocycles. The Morgan fingerprint density at radius 2 is 1.97 bits per heavy atom. The molecule has 4 aromatic rings. The van der Waals surface area contributed by atoms with Crippen molar-refractivity contribution in [2.75, 3.05) is 12.4 Å². The summed E-state index contributed by atoms with van der Waals surface area (Å²) in [6.45, 7) is 0. The van der Waals surface area contributed by atoms with Crippen LogP contribution in [0, 0.1) is 11.3 Å². The van der Waals surface area contributed by atoms with Crippen LogP contribution in [0.15, 0.2) is 69.3 Å². The number of hydrogen-bond donors (Lipinski definition) is 1. The van der Waals surface area contributed by atoms with Crippen molar-refractivity contribution < 1.29 is 22.3 Å². The highest BCUT2D eigenvalue weighted by Crippen LogP contribution is 2.34. The van der Waals surface area contributed by atoms with E-state index >= 15 is 0 Å². The molecule has 0 radical (unpaired) electrons. The molecular formula is C23H14F3N3O3S. The number of allylic oxidation sites excluding steroid dienone is 1. The number of aromatic nitrogens is 1. The van der Waals surface area contributed by atoms with Gasteiger partial charge in [0.05, 0.1) is 18.4 Å². The SMILES string of the molecule is COc1ccc(-c2csc(/C(C#N)=C/Nc3ccc4c(C(F)(F)F)cc(=O)oc4c3)n2)cc1. The zero-order chi connectivity index (χ0) is 23.6. The van der Waals surface area contributed by atoms with E-state index in [0.29, 0.717) is 28.2 Å². The van der Waals surface area contributed by atoms with Crippen molar-refractivity contribution in [1.29, 1.82) is 5.26 Å². The number of alkyl halides is 3. The largest absolute Gasteiger partial charge is 0.497 e. The number of benzene rings is 2. The van der Waals surface area contributed by atoms with Gasteiger partial charge >= 0.3 is 11.8 Å². The number of nitrogens with zero attached hydrogens (tertiary/aromatic N) is 2.